The van der Waals surface area contributed by atoms with E-state index < -0.39 is 30.3 Å². The van der Waals surface area contributed by atoms with Crippen LogP contribution in [0.3, 0.4) is 0 Å². The number of hydrogen-bond donors (Lipinski definition) is 0. The van der Waals surface area contributed by atoms with Crippen LogP contribution in [0, 0.1) is 0 Å². The number of esters is 2. The molecule has 0 N–H and O–H groups in total. The second-order valence-corrected chi connectivity index (χ2v) is 10.7. The highest BCUT2D eigenvalue weighted by Crippen LogP contribution is 2.32. The van der Waals surface area contributed by atoms with Crippen molar-refractivity contribution in [1.82, 2.24) is 0 Å². The monoisotopic (exact) mass is 576 g/mol. The number of alkyl halides is 3. The van der Waals surface area contributed by atoms with Gasteiger partial charge in [-0.25, -0.2) is 9.59 Å². The Bertz CT molecular complexity index is 1020. The Labute approximate surface area is 244 Å². The van der Waals surface area contributed by atoms with Crippen molar-refractivity contribution in [2.75, 3.05) is 6.61 Å². The summed E-state index contributed by atoms with van der Waals surface area (Å²) in [6.07, 6.45) is 15.5. The van der Waals surface area contributed by atoms with E-state index in [2.05, 4.69) is 6.92 Å². The second kappa shape index (κ2) is 20.1. The number of carbonyl (C=O) groups is 2. The summed E-state index contributed by atoms with van der Waals surface area (Å²) < 4.78 is 50.1. The first-order valence-corrected chi connectivity index (χ1v) is 15.4. The van der Waals surface area contributed by atoms with Crippen molar-refractivity contribution in [3.8, 4) is 0 Å². The van der Waals surface area contributed by atoms with E-state index in [1.54, 1.807) is 12.1 Å². The summed E-state index contributed by atoms with van der Waals surface area (Å²) in [6, 6.07) is 10.9. The molecule has 0 aromatic heterocycles. The smallest absolute Gasteiger partial charge is 0.416 e. The average Bonchev–Trinajstić information content (AvgIpc) is 2.97. The average molecular weight is 577 g/mol. The van der Waals surface area contributed by atoms with Crippen molar-refractivity contribution in [2.45, 2.75) is 122 Å². The number of ether oxygens (including phenoxy) is 2. The summed E-state index contributed by atoms with van der Waals surface area (Å²) >= 11 is 0. The van der Waals surface area contributed by atoms with Crippen LogP contribution in [-0.2, 0) is 22.3 Å². The van der Waals surface area contributed by atoms with Crippen molar-refractivity contribution in [3.63, 3.8) is 0 Å². The quantitative estimate of drug-likeness (QED) is 0.110. The lowest BCUT2D eigenvalue weighted by Crippen LogP contribution is -2.16. The molecule has 2 aromatic rings. The SMILES string of the molecule is CCCCCCCCCCCCCCCCCCOC(=O)c1ccccc1C(=O)OCc1ccccc1C(F)(F)F. The molecule has 0 atom stereocenters. The van der Waals surface area contributed by atoms with Crippen LogP contribution in [0.2, 0.25) is 0 Å². The Kier molecular flexibility index (Phi) is 16.9. The fourth-order valence-corrected chi connectivity index (χ4v) is 4.88. The summed E-state index contributed by atoms with van der Waals surface area (Å²) in [5.74, 6) is -1.52. The van der Waals surface area contributed by atoms with Crippen LogP contribution in [0.4, 0.5) is 13.2 Å². The first kappa shape index (κ1) is 34.4. The second-order valence-electron chi connectivity index (χ2n) is 10.7. The highest BCUT2D eigenvalue weighted by atomic mass is 19.4. The van der Waals surface area contributed by atoms with Gasteiger partial charge in [0.15, 0.2) is 0 Å². The lowest BCUT2D eigenvalue weighted by Gasteiger charge is -2.13. The minimum Gasteiger partial charge on any atom is -0.462 e. The van der Waals surface area contributed by atoms with E-state index >= 15 is 0 Å². The molecule has 41 heavy (non-hydrogen) atoms. The van der Waals surface area contributed by atoms with Crippen LogP contribution < -0.4 is 0 Å². The topological polar surface area (TPSA) is 52.6 Å². The molecular weight excluding hydrogens is 529 g/mol. The van der Waals surface area contributed by atoms with Crippen LogP contribution >= 0.6 is 0 Å². The molecule has 0 aliphatic rings. The van der Waals surface area contributed by atoms with Gasteiger partial charge < -0.3 is 9.47 Å². The maximum atomic E-state index is 13.2. The zero-order valence-electron chi connectivity index (χ0n) is 24.6. The summed E-state index contributed by atoms with van der Waals surface area (Å²) in [4.78, 5) is 25.2. The van der Waals surface area contributed by atoms with E-state index in [0.29, 0.717) is 0 Å². The van der Waals surface area contributed by atoms with Crippen molar-refractivity contribution in [3.05, 3.63) is 70.8 Å². The maximum Gasteiger partial charge on any atom is 0.416 e. The molecule has 0 spiro atoms. The summed E-state index contributed by atoms with van der Waals surface area (Å²) in [7, 11) is 0. The van der Waals surface area contributed by atoms with Gasteiger partial charge in [0.25, 0.3) is 0 Å². The van der Waals surface area contributed by atoms with Gasteiger partial charge in [-0.05, 0) is 24.6 Å². The maximum absolute atomic E-state index is 13.2. The predicted octanol–water partition coefficient (Wildman–Crippen LogP) is 10.5. The van der Waals surface area contributed by atoms with Gasteiger partial charge in [-0.2, -0.15) is 13.2 Å². The normalized spacial score (nSPS) is 11.4. The Morgan fingerprint density at radius 2 is 1.00 bits per heavy atom. The molecule has 0 aliphatic carbocycles. The predicted molar refractivity (Wildman–Crippen MR) is 157 cm³/mol. The van der Waals surface area contributed by atoms with Gasteiger partial charge in [-0.15, -0.1) is 0 Å². The molecule has 4 nitrogen and oxygen atoms in total. The molecule has 0 amide bonds. The summed E-state index contributed by atoms with van der Waals surface area (Å²) in [6.45, 7) is 1.94. The minimum absolute atomic E-state index is 0.0334. The van der Waals surface area contributed by atoms with Crippen molar-refractivity contribution in [2.24, 2.45) is 0 Å². The zero-order chi connectivity index (χ0) is 29.8. The van der Waals surface area contributed by atoms with Crippen molar-refractivity contribution < 1.29 is 32.2 Å². The fraction of sp³-hybridized carbons (Fsp3) is 0.588. The van der Waals surface area contributed by atoms with Gasteiger partial charge in [0, 0.05) is 5.56 Å². The first-order valence-electron chi connectivity index (χ1n) is 15.4. The number of benzene rings is 2. The molecule has 0 bridgehead atoms. The standard InChI is InChI=1S/C34H47F3O4/c1-2-3-4-5-6-7-8-9-10-11-12-13-14-15-16-21-26-40-32(38)29-23-18-19-24-30(29)33(39)41-27-28-22-17-20-25-31(28)34(35,36)37/h17-20,22-25H,2-16,21,26-27H2,1H3. The molecule has 0 heterocycles. The van der Waals surface area contributed by atoms with Gasteiger partial charge in [0.05, 0.1) is 23.3 Å². The Morgan fingerprint density at radius 1 is 0.585 bits per heavy atom. The van der Waals surface area contributed by atoms with Gasteiger partial charge in [0.1, 0.15) is 6.61 Å². The Balaban J connectivity index is 1.59. The molecule has 7 heteroatoms. The highest BCUT2D eigenvalue weighted by Gasteiger charge is 2.33. The van der Waals surface area contributed by atoms with Gasteiger partial charge in [-0.3, -0.25) is 0 Å². The molecule has 0 aliphatic heterocycles. The minimum atomic E-state index is -4.56. The molecule has 2 aromatic carbocycles. The van der Waals surface area contributed by atoms with Crippen LogP contribution in [0.1, 0.15) is 141 Å². The molecule has 0 saturated heterocycles. The van der Waals surface area contributed by atoms with E-state index in [0.717, 1.165) is 25.3 Å². The molecular formula is C34H47F3O4. The van der Waals surface area contributed by atoms with Crippen LogP contribution in [-0.4, -0.2) is 18.5 Å². The lowest BCUT2D eigenvalue weighted by atomic mass is 10.0. The van der Waals surface area contributed by atoms with Gasteiger partial charge in [-0.1, -0.05) is 134 Å². The Hall–Kier alpha value is -2.83. The van der Waals surface area contributed by atoms with E-state index in [1.165, 1.54) is 114 Å². The lowest BCUT2D eigenvalue weighted by molar-refractivity contribution is -0.138. The molecule has 2 rings (SSSR count). The first-order chi connectivity index (χ1) is 19.8. The van der Waals surface area contributed by atoms with Crippen molar-refractivity contribution >= 4 is 11.9 Å². The number of unbranched alkanes of at least 4 members (excludes halogenated alkanes) is 15. The van der Waals surface area contributed by atoms with Crippen LogP contribution in [0.5, 0.6) is 0 Å². The van der Waals surface area contributed by atoms with Gasteiger partial charge in [0.2, 0.25) is 0 Å². The highest BCUT2D eigenvalue weighted by molar-refractivity contribution is 6.03. The number of hydrogen-bond acceptors (Lipinski definition) is 4. The fourth-order valence-electron chi connectivity index (χ4n) is 4.88. The van der Waals surface area contributed by atoms with E-state index in [9.17, 15) is 22.8 Å². The zero-order valence-corrected chi connectivity index (χ0v) is 24.6. The third-order valence-electron chi connectivity index (χ3n) is 7.28. The number of carbonyl (C=O) groups excluding carboxylic acids is 2. The third kappa shape index (κ3) is 14.1. The molecule has 0 radical (unpaired) electrons. The van der Waals surface area contributed by atoms with E-state index in [1.807, 2.05) is 0 Å². The van der Waals surface area contributed by atoms with Crippen LogP contribution in [0.15, 0.2) is 48.5 Å². The molecule has 0 unspecified atom stereocenters. The van der Waals surface area contributed by atoms with Crippen molar-refractivity contribution in [1.29, 1.82) is 0 Å². The molecule has 0 fully saturated rings. The largest absolute Gasteiger partial charge is 0.462 e. The van der Waals surface area contributed by atoms with Gasteiger partial charge >= 0.3 is 18.1 Å². The Morgan fingerprint density at radius 3 is 1.49 bits per heavy atom. The van der Waals surface area contributed by atoms with E-state index in [4.69, 9.17) is 9.47 Å². The van der Waals surface area contributed by atoms with E-state index in [-0.39, 0.29) is 23.3 Å². The third-order valence-corrected chi connectivity index (χ3v) is 7.28. The number of halogens is 3. The summed E-state index contributed by atoms with van der Waals surface area (Å²) in [5.41, 5.74) is -1.01. The molecule has 228 valence electrons. The van der Waals surface area contributed by atoms with Crippen LogP contribution in [0.25, 0.3) is 0 Å². The molecule has 0 saturated carbocycles. The summed E-state index contributed by atoms with van der Waals surface area (Å²) in [5, 5.41) is 0. The number of rotatable bonds is 21.